The molecule has 0 amide bonds. The minimum Gasteiger partial charge on any atom is -0.370 e. The molecule has 0 aliphatic carbocycles. The van der Waals surface area contributed by atoms with Gasteiger partial charge in [0.1, 0.15) is 12.3 Å². The van der Waals surface area contributed by atoms with Gasteiger partial charge in [-0.3, -0.25) is 4.79 Å². The number of carbonyl (C=O) groups excluding carboxylic acids is 1. The summed E-state index contributed by atoms with van der Waals surface area (Å²) in [5, 5.41) is 2.55. The minimum atomic E-state index is -4.47. The van der Waals surface area contributed by atoms with Gasteiger partial charge in [-0.2, -0.15) is 13.2 Å². The molecule has 25 heavy (non-hydrogen) atoms. The molecule has 0 aliphatic heterocycles. The molecule has 2 nitrogen and oxygen atoms in total. The lowest BCUT2D eigenvalue weighted by Gasteiger charge is -2.26. The Morgan fingerprint density at radius 2 is 1.60 bits per heavy atom. The third kappa shape index (κ3) is 4.41. The van der Waals surface area contributed by atoms with E-state index in [0.29, 0.717) is 23.1 Å². The van der Waals surface area contributed by atoms with Crippen LogP contribution in [0.1, 0.15) is 53.9 Å². The average Bonchev–Trinajstić information content (AvgIpc) is 2.52. The molecule has 0 bridgehead atoms. The summed E-state index contributed by atoms with van der Waals surface area (Å²) in [6, 6.07) is 9.31. The number of halogens is 3. The quantitative estimate of drug-likeness (QED) is 0.705. The van der Waals surface area contributed by atoms with Crippen molar-refractivity contribution in [2.24, 2.45) is 0 Å². The van der Waals surface area contributed by atoms with Gasteiger partial charge in [0.2, 0.25) is 0 Å². The lowest BCUT2D eigenvalue weighted by molar-refractivity contribution is -0.144. The first-order valence-electron chi connectivity index (χ1n) is 8.02. The van der Waals surface area contributed by atoms with Gasteiger partial charge >= 0.3 is 6.18 Å². The fraction of sp³-hybridized carbons (Fsp3) is 0.350. The Morgan fingerprint density at radius 1 is 1.00 bits per heavy atom. The third-order valence-corrected chi connectivity index (χ3v) is 4.24. The van der Waals surface area contributed by atoms with Crippen LogP contribution in [0.3, 0.4) is 0 Å². The van der Waals surface area contributed by atoms with Gasteiger partial charge < -0.3 is 5.32 Å². The van der Waals surface area contributed by atoms with E-state index in [1.807, 2.05) is 20.8 Å². The number of hydrogen-bond acceptors (Lipinski definition) is 2. The van der Waals surface area contributed by atoms with E-state index in [9.17, 15) is 18.0 Å². The SMILES string of the molecule is Cc1c(C=O)cccc1NC(c1ccc(C(C)(C)C)cc1)C(F)(F)F. The van der Waals surface area contributed by atoms with Crippen LogP contribution >= 0.6 is 0 Å². The van der Waals surface area contributed by atoms with Gasteiger partial charge in [0.15, 0.2) is 0 Å². The van der Waals surface area contributed by atoms with Crippen LogP contribution in [-0.2, 0) is 5.41 Å². The predicted octanol–water partition coefficient (Wildman–Crippen LogP) is 5.82. The smallest absolute Gasteiger partial charge is 0.370 e. The highest BCUT2D eigenvalue weighted by molar-refractivity contribution is 5.80. The summed E-state index contributed by atoms with van der Waals surface area (Å²) < 4.78 is 40.8. The molecule has 2 aromatic carbocycles. The zero-order chi connectivity index (χ0) is 18.8. The molecule has 1 unspecified atom stereocenters. The normalized spacial score (nSPS) is 13.4. The molecule has 2 rings (SSSR count). The summed E-state index contributed by atoms with van der Waals surface area (Å²) in [5.74, 6) is 0. The summed E-state index contributed by atoms with van der Waals surface area (Å²) >= 11 is 0. The van der Waals surface area contributed by atoms with Crippen LogP contribution in [0, 0.1) is 6.92 Å². The Bertz CT molecular complexity index is 743. The maximum Gasteiger partial charge on any atom is 0.412 e. The number of alkyl halides is 3. The highest BCUT2D eigenvalue weighted by Gasteiger charge is 2.41. The first-order chi connectivity index (χ1) is 11.5. The summed E-state index contributed by atoms with van der Waals surface area (Å²) in [7, 11) is 0. The standard InChI is InChI=1S/C20H22F3NO/c1-13-15(12-25)6-5-7-17(13)24-18(20(21,22)23)14-8-10-16(11-9-14)19(2,3)4/h5-12,18,24H,1-4H3. The number of anilines is 1. The van der Waals surface area contributed by atoms with Crippen LogP contribution in [0.25, 0.3) is 0 Å². The Labute approximate surface area is 146 Å². The van der Waals surface area contributed by atoms with Crippen molar-refractivity contribution < 1.29 is 18.0 Å². The summed E-state index contributed by atoms with van der Waals surface area (Å²) in [6.45, 7) is 7.66. The van der Waals surface area contributed by atoms with Crippen molar-refractivity contribution in [2.45, 2.75) is 45.3 Å². The lowest BCUT2D eigenvalue weighted by Crippen LogP contribution is -2.28. The van der Waals surface area contributed by atoms with Crippen molar-refractivity contribution in [3.63, 3.8) is 0 Å². The lowest BCUT2D eigenvalue weighted by atomic mass is 9.86. The second-order valence-electron chi connectivity index (χ2n) is 7.13. The van der Waals surface area contributed by atoms with E-state index in [4.69, 9.17) is 0 Å². The van der Waals surface area contributed by atoms with E-state index in [0.717, 1.165) is 5.56 Å². The van der Waals surface area contributed by atoms with Gasteiger partial charge in [-0.1, -0.05) is 57.2 Å². The van der Waals surface area contributed by atoms with Gasteiger partial charge in [0.25, 0.3) is 0 Å². The molecule has 0 spiro atoms. The summed E-state index contributed by atoms with van der Waals surface area (Å²) in [5.41, 5.74) is 2.14. The number of nitrogens with one attached hydrogen (secondary N) is 1. The number of carbonyl (C=O) groups is 1. The maximum absolute atomic E-state index is 13.6. The zero-order valence-electron chi connectivity index (χ0n) is 14.7. The fourth-order valence-corrected chi connectivity index (χ4v) is 2.62. The van der Waals surface area contributed by atoms with Crippen LogP contribution in [0.5, 0.6) is 0 Å². The number of rotatable bonds is 4. The molecule has 1 atom stereocenters. The predicted molar refractivity (Wildman–Crippen MR) is 94.1 cm³/mol. The Balaban J connectivity index is 2.40. The molecule has 5 heteroatoms. The molecule has 0 saturated heterocycles. The second-order valence-corrected chi connectivity index (χ2v) is 7.13. The monoisotopic (exact) mass is 349 g/mol. The molecule has 0 aromatic heterocycles. The van der Waals surface area contributed by atoms with Crippen LogP contribution < -0.4 is 5.32 Å². The zero-order valence-corrected chi connectivity index (χ0v) is 14.7. The first-order valence-corrected chi connectivity index (χ1v) is 8.02. The Hall–Kier alpha value is -2.30. The van der Waals surface area contributed by atoms with Gasteiger partial charge in [-0.05, 0) is 35.1 Å². The minimum absolute atomic E-state index is 0.130. The molecule has 134 valence electrons. The molecule has 0 aliphatic rings. The first kappa shape index (κ1) is 19.0. The topological polar surface area (TPSA) is 29.1 Å². The molecular formula is C20H22F3NO. The average molecular weight is 349 g/mol. The molecule has 0 radical (unpaired) electrons. The number of benzene rings is 2. The fourth-order valence-electron chi connectivity index (χ4n) is 2.62. The van der Waals surface area contributed by atoms with Gasteiger partial charge in [-0.15, -0.1) is 0 Å². The molecule has 2 aromatic rings. The van der Waals surface area contributed by atoms with Crippen molar-refractivity contribution >= 4 is 12.0 Å². The van der Waals surface area contributed by atoms with E-state index in [-0.39, 0.29) is 11.0 Å². The molecule has 0 saturated carbocycles. The van der Waals surface area contributed by atoms with E-state index in [2.05, 4.69) is 5.32 Å². The van der Waals surface area contributed by atoms with Crippen molar-refractivity contribution in [1.29, 1.82) is 0 Å². The van der Waals surface area contributed by atoms with Crippen LogP contribution in [0.2, 0.25) is 0 Å². The highest BCUT2D eigenvalue weighted by atomic mass is 19.4. The largest absolute Gasteiger partial charge is 0.412 e. The number of hydrogen-bond donors (Lipinski definition) is 1. The van der Waals surface area contributed by atoms with Crippen molar-refractivity contribution in [3.8, 4) is 0 Å². The van der Waals surface area contributed by atoms with Crippen molar-refractivity contribution in [2.75, 3.05) is 5.32 Å². The Morgan fingerprint density at radius 3 is 2.08 bits per heavy atom. The van der Waals surface area contributed by atoms with Gasteiger partial charge in [0.05, 0.1) is 0 Å². The number of aldehydes is 1. The highest BCUT2D eigenvalue weighted by Crippen LogP contribution is 2.37. The van der Waals surface area contributed by atoms with E-state index in [1.165, 1.54) is 12.1 Å². The summed E-state index contributed by atoms with van der Waals surface area (Å²) in [4.78, 5) is 11.0. The van der Waals surface area contributed by atoms with Gasteiger partial charge in [-0.25, -0.2) is 0 Å². The Kier molecular flexibility index (Phi) is 5.26. The third-order valence-electron chi connectivity index (χ3n) is 4.24. The van der Waals surface area contributed by atoms with Crippen LogP contribution in [0.4, 0.5) is 18.9 Å². The van der Waals surface area contributed by atoms with Crippen LogP contribution in [-0.4, -0.2) is 12.5 Å². The van der Waals surface area contributed by atoms with E-state index in [1.54, 1.807) is 37.3 Å². The van der Waals surface area contributed by atoms with Crippen LogP contribution in [0.15, 0.2) is 42.5 Å². The molecule has 1 N–H and O–H groups in total. The molecular weight excluding hydrogens is 327 g/mol. The van der Waals surface area contributed by atoms with Crippen molar-refractivity contribution in [3.05, 3.63) is 64.7 Å². The molecule has 0 fully saturated rings. The molecule has 0 heterocycles. The van der Waals surface area contributed by atoms with E-state index >= 15 is 0 Å². The van der Waals surface area contributed by atoms with Crippen molar-refractivity contribution in [1.82, 2.24) is 0 Å². The maximum atomic E-state index is 13.6. The summed E-state index contributed by atoms with van der Waals surface area (Å²) in [6.07, 6.45) is -3.83. The van der Waals surface area contributed by atoms with Gasteiger partial charge in [0, 0.05) is 11.3 Å². The second kappa shape index (κ2) is 6.90. The van der Waals surface area contributed by atoms with E-state index < -0.39 is 12.2 Å².